The molecule has 7 nitrogen and oxygen atoms in total. The number of benzene rings is 1. The van der Waals surface area contributed by atoms with Gasteiger partial charge >= 0.3 is 0 Å². The van der Waals surface area contributed by atoms with Crippen LogP contribution in [0.3, 0.4) is 0 Å². The number of halogens is 1. The predicted octanol–water partition coefficient (Wildman–Crippen LogP) is 1.04. The molecule has 8 heteroatoms. The van der Waals surface area contributed by atoms with Crippen LogP contribution >= 0.6 is 0 Å². The molecule has 1 amide bonds. The Labute approximate surface area is 130 Å². The van der Waals surface area contributed by atoms with Crippen molar-refractivity contribution < 1.29 is 14.3 Å². The third-order valence-corrected chi connectivity index (χ3v) is 3.34. The second-order valence-corrected chi connectivity index (χ2v) is 5.01. The Kier molecular flexibility index (Phi) is 3.98. The average Bonchev–Trinajstić information content (AvgIpc) is 2.99. The molecular weight excluding hydrogens is 301 g/mol. The molecule has 0 aliphatic carbocycles. The van der Waals surface area contributed by atoms with Crippen LogP contribution in [0.15, 0.2) is 36.5 Å². The largest absolute Gasteiger partial charge is 0.387 e. The molecule has 0 saturated heterocycles. The zero-order valence-corrected chi connectivity index (χ0v) is 12.3. The fourth-order valence-electron chi connectivity index (χ4n) is 2.07. The molecule has 23 heavy (non-hydrogen) atoms. The van der Waals surface area contributed by atoms with E-state index in [0.29, 0.717) is 11.3 Å². The molecule has 0 saturated carbocycles. The topological polar surface area (TPSA) is 92.4 Å². The number of amides is 1. The number of rotatable bonds is 4. The Morgan fingerprint density at radius 2 is 2.09 bits per heavy atom. The number of aliphatic hydroxyl groups excluding tert-OH is 1. The average molecular weight is 315 g/mol. The van der Waals surface area contributed by atoms with Crippen molar-refractivity contribution in [3.8, 4) is 0 Å². The fourth-order valence-corrected chi connectivity index (χ4v) is 2.07. The number of fused-ring (bicyclic) bond motifs is 1. The minimum Gasteiger partial charge on any atom is -0.387 e. The number of nitrogens with zero attached hydrogens (tertiary/aromatic N) is 4. The lowest BCUT2D eigenvalue weighted by Gasteiger charge is -2.11. The molecule has 0 spiro atoms. The van der Waals surface area contributed by atoms with Crippen molar-refractivity contribution in [3.05, 3.63) is 59.4 Å². The Balaban J connectivity index is 1.68. The molecule has 2 N–H and O–H groups in total. The summed E-state index contributed by atoms with van der Waals surface area (Å²) in [6, 6.07) is 7.17. The van der Waals surface area contributed by atoms with Crippen molar-refractivity contribution in [2.45, 2.75) is 13.0 Å². The second kappa shape index (κ2) is 6.09. The third-order valence-electron chi connectivity index (χ3n) is 3.34. The minimum absolute atomic E-state index is 0.0295. The van der Waals surface area contributed by atoms with Gasteiger partial charge in [-0.15, -0.1) is 5.10 Å². The van der Waals surface area contributed by atoms with Gasteiger partial charge in [0.15, 0.2) is 0 Å². The predicted molar refractivity (Wildman–Crippen MR) is 79.2 cm³/mol. The molecule has 2 heterocycles. The first kappa shape index (κ1) is 15.0. The van der Waals surface area contributed by atoms with Crippen molar-refractivity contribution in [3.63, 3.8) is 0 Å². The number of carbonyl (C=O) groups is 1. The number of hydrogen-bond acceptors (Lipinski definition) is 5. The lowest BCUT2D eigenvalue weighted by atomic mass is 10.1. The van der Waals surface area contributed by atoms with Crippen LogP contribution in [0.25, 0.3) is 5.78 Å². The highest BCUT2D eigenvalue weighted by Crippen LogP contribution is 2.12. The van der Waals surface area contributed by atoms with Gasteiger partial charge in [0.1, 0.15) is 5.82 Å². The third kappa shape index (κ3) is 3.16. The first-order valence-electron chi connectivity index (χ1n) is 6.94. The van der Waals surface area contributed by atoms with Crippen LogP contribution in [0.5, 0.6) is 0 Å². The summed E-state index contributed by atoms with van der Waals surface area (Å²) in [4.78, 5) is 20.1. The van der Waals surface area contributed by atoms with Gasteiger partial charge in [-0.25, -0.2) is 13.9 Å². The first-order chi connectivity index (χ1) is 11.0. The highest BCUT2D eigenvalue weighted by molar-refractivity contribution is 5.90. The Morgan fingerprint density at radius 1 is 1.35 bits per heavy atom. The Morgan fingerprint density at radius 3 is 2.78 bits per heavy atom. The van der Waals surface area contributed by atoms with Crippen LogP contribution in [-0.4, -0.2) is 37.1 Å². The molecule has 3 aromatic rings. The molecule has 0 aliphatic rings. The summed E-state index contributed by atoms with van der Waals surface area (Å²) in [7, 11) is 0. The van der Waals surface area contributed by atoms with Crippen molar-refractivity contribution >= 4 is 11.7 Å². The number of aliphatic hydroxyl groups is 1. The van der Waals surface area contributed by atoms with Gasteiger partial charge in [-0.1, -0.05) is 12.1 Å². The van der Waals surface area contributed by atoms with E-state index in [1.54, 1.807) is 12.3 Å². The van der Waals surface area contributed by atoms with Gasteiger partial charge in [0, 0.05) is 18.4 Å². The molecular formula is C15H14FN5O2. The summed E-state index contributed by atoms with van der Waals surface area (Å²) < 4.78 is 14.3. The first-order valence-corrected chi connectivity index (χ1v) is 6.94. The molecule has 0 bridgehead atoms. The van der Waals surface area contributed by atoms with Gasteiger partial charge in [-0.2, -0.15) is 4.98 Å². The van der Waals surface area contributed by atoms with Crippen LogP contribution in [-0.2, 0) is 0 Å². The minimum atomic E-state index is -0.948. The monoisotopic (exact) mass is 315 g/mol. The normalized spacial score (nSPS) is 12.3. The summed E-state index contributed by atoms with van der Waals surface area (Å²) >= 11 is 0. The summed E-state index contributed by atoms with van der Waals surface area (Å²) in [6.07, 6.45) is 0.635. The van der Waals surface area contributed by atoms with Gasteiger partial charge in [-0.05, 0) is 30.7 Å². The number of carbonyl (C=O) groups excluding carboxylic acids is 1. The van der Waals surface area contributed by atoms with Crippen molar-refractivity contribution in [1.29, 1.82) is 0 Å². The summed E-state index contributed by atoms with van der Waals surface area (Å²) in [5.74, 6) is -0.606. The van der Waals surface area contributed by atoms with E-state index in [1.165, 1.54) is 28.8 Å². The van der Waals surface area contributed by atoms with Gasteiger partial charge in [0.05, 0.1) is 6.10 Å². The maximum absolute atomic E-state index is 12.8. The molecule has 3 rings (SSSR count). The van der Waals surface area contributed by atoms with E-state index in [4.69, 9.17) is 0 Å². The van der Waals surface area contributed by atoms with Crippen LogP contribution in [0, 0.1) is 12.7 Å². The molecule has 118 valence electrons. The van der Waals surface area contributed by atoms with Crippen LogP contribution in [0.1, 0.15) is 28.0 Å². The molecule has 0 aliphatic heterocycles. The summed E-state index contributed by atoms with van der Waals surface area (Å²) in [5, 5.41) is 16.6. The van der Waals surface area contributed by atoms with E-state index in [2.05, 4.69) is 20.4 Å². The van der Waals surface area contributed by atoms with Gasteiger partial charge in [-0.3, -0.25) is 4.79 Å². The van der Waals surface area contributed by atoms with Crippen LogP contribution in [0.4, 0.5) is 4.39 Å². The van der Waals surface area contributed by atoms with E-state index >= 15 is 0 Å². The van der Waals surface area contributed by atoms with Gasteiger partial charge in [0.25, 0.3) is 11.7 Å². The Hall–Kier alpha value is -2.87. The highest BCUT2D eigenvalue weighted by atomic mass is 19.1. The van der Waals surface area contributed by atoms with E-state index in [0.717, 1.165) is 5.69 Å². The lowest BCUT2D eigenvalue weighted by molar-refractivity contribution is 0.0906. The van der Waals surface area contributed by atoms with Crippen molar-refractivity contribution in [1.82, 2.24) is 24.9 Å². The van der Waals surface area contributed by atoms with Crippen molar-refractivity contribution in [2.24, 2.45) is 0 Å². The quantitative estimate of drug-likeness (QED) is 0.750. The molecule has 0 radical (unpaired) electrons. The molecule has 1 atom stereocenters. The van der Waals surface area contributed by atoms with E-state index in [9.17, 15) is 14.3 Å². The van der Waals surface area contributed by atoms with Gasteiger partial charge in [0.2, 0.25) is 5.82 Å². The van der Waals surface area contributed by atoms with E-state index in [-0.39, 0.29) is 18.2 Å². The standard InChI is InChI=1S/C15H14FN5O2/c1-9-6-7-17-15-19-13(20-21(9)15)14(23)18-8-12(22)10-2-4-11(16)5-3-10/h2-7,12,22H,8H2,1H3,(H,18,23). The van der Waals surface area contributed by atoms with Crippen LogP contribution in [0.2, 0.25) is 0 Å². The van der Waals surface area contributed by atoms with E-state index < -0.39 is 12.0 Å². The second-order valence-electron chi connectivity index (χ2n) is 5.01. The van der Waals surface area contributed by atoms with Gasteiger partial charge < -0.3 is 10.4 Å². The number of aromatic nitrogens is 4. The SMILES string of the molecule is Cc1ccnc2nc(C(=O)NCC(O)c3ccc(F)cc3)nn12. The van der Waals surface area contributed by atoms with E-state index in [1.807, 2.05) is 6.92 Å². The fraction of sp³-hybridized carbons (Fsp3) is 0.200. The zero-order chi connectivity index (χ0) is 16.4. The Bertz CT molecular complexity index is 847. The maximum atomic E-state index is 12.8. The lowest BCUT2D eigenvalue weighted by Crippen LogP contribution is -2.29. The van der Waals surface area contributed by atoms with Crippen molar-refractivity contribution in [2.75, 3.05) is 6.54 Å². The number of nitrogens with one attached hydrogen (secondary N) is 1. The summed E-state index contributed by atoms with van der Waals surface area (Å²) in [6.45, 7) is 1.79. The molecule has 1 aromatic carbocycles. The number of hydrogen-bond donors (Lipinski definition) is 2. The summed E-state index contributed by atoms with van der Waals surface area (Å²) in [5.41, 5.74) is 1.31. The smallest absolute Gasteiger partial charge is 0.291 e. The zero-order valence-electron chi connectivity index (χ0n) is 12.3. The highest BCUT2D eigenvalue weighted by Gasteiger charge is 2.16. The maximum Gasteiger partial charge on any atom is 0.291 e. The molecule has 2 aromatic heterocycles. The number of aryl methyl sites for hydroxylation is 1. The molecule has 0 fully saturated rings. The van der Waals surface area contributed by atoms with Crippen LogP contribution < -0.4 is 5.32 Å². The molecule has 1 unspecified atom stereocenters.